The van der Waals surface area contributed by atoms with E-state index in [1.54, 1.807) is 0 Å². The maximum atomic E-state index is 5.75. The summed E-state index contributed by atoms with van der Waals surface area (Å²) in [5.74, 6) is 0. The molecule has 0 bridgehead atoms. The first-order chi connectivity index (χ1) is 8.90. The molecule has 1 saturated carbocycles. The summed E-state index contributed by atoms with van der Waals surface area (Å²) in [4.78, 5) is 6.77. The topological polar surface area (TPSA) is 42.1 Å². The lowest BCUT2D eigenvalue weighted by atomic mass is 9.94. The molecule has 1 fully saturated rings. The third kappa shape index (κ3) is 4.07. The van der Waals surface area contributed by atoms with Crippen LogP contribution in [-0.2, 0) is 6.42 Å². The smallest absolute Gasteiger partial charge is 0.0300 e. The fourth-order valence-electron chi connectivity index (χ4n) is 2.91. The van der Waals surface area contributed by atoms with Crippen LogP contribution >= 0.6 is 0 Å². The summed E-state index contributed by atoms with van der Waals surface area (Å²) in [5, 5.41) is 0. The molecular weight excluding hydrogens is 222 g/mol. The van der Waals surface area contributed by atoms with Crippen LogP contribution in [0, 0.1) is 0 Å². The van der Waals surface area contributed by atoms with Gasteiger partial charge in [-0.2, -0.15) is 0 Å². The van der Waals surface area contributed by atoms with E-state index in [9.17, 15) is 0 Å². The quantitative estimate of drug-likeness (QED) is 0.838. The van der Waals surface area contributed by atoms with E-state index in [1.807, 2.05) is 18.5 Å². The van der Waals surface area contributed by atoms with Crippen LogP contribution < -0.4 is 5.73 Å². The lowest BCUT2D eigenvalue weighted by Gasteiger charge is -2.34. The van der Waals surface area contributed by atoms with Gasteiger partial charge in [0.25, 0.3) is 0 Å². The van der Waals surface area contributed by atoms with Crippen molar-refractivity contribution in [2.45, 2.75) is 44.6 Å². The molecule has 0 radical (unpaired) electrons. The highest BCUT2D eigenvalue weighted by Gasteiger charge is 2.20. The van der Waals surface area contributed by atoms with Crippen molar-refractivity contribution in [2.24, 2.45) is 5.73 Å². The Balaban J connectivity index is 1.85. The van der Waals surface area contributed by atoms with E-state index in [-0.39, 0.29) is 0 Å². The van der Waals surface area contributed by atoms with Crippen LogP contribution in [0.25, 0.3) is 0 Å². The zero-order valence-corrected chi connectivity index (χ0v) is 11.2. The summed E-state index contributed by atoms with van der Waals surface area (Å²) in [7, 11) is 0. The molecular formula is C15H25N3. The molecule has 2 rings (SSSR count). The minimum absolute atomic E-state index is 0.763. The molecule has 0 atom stereocenters. The predicted molar refractivity (Wildman–Crippen MR) is 75.4 cm³/mol. The summed E-state index contributed by atoms with van der Waals surface area (Å²) < 4.78 is 0. The summed E-state index contributed by atoms with van der Waals surface area (Å²) in [6.45, 7) is 2.92. The first kappa shape index (κ1) is 13.5. The highest BCUT2D eigenvalue weighted by molar-refractivity contribution is 5.08. The van der Waals surface area contributed by atoms with Crippen LogP contribution in [-0.4, -0.2) is 35.6 Å². The van der Waals surface area contributed by atoms with Crippen molar-refractivity contribution in [1.82, 2.24) is 9.88 Å². The van der Waals surface area contributed by atoms with Gasteiger partial charge in [0.2, 0.25) is 0 Å². The standard InChI is InChI=1S/C15H25N3/c16-9-12-18(15-6-2-1-3-7-15)11-8-14-5-4-10-17-13-14/h4-5,10,13,15H,1-3,6-9,11-12,16H2. The molecule has 1 aromatic heterocycles. The van der Waals surface area contributed by atoms with Gasteiger partial charge in [0, 0.05) is 38.1 Å². The molecule has 2 N–H and O–H groups in total. The predicted octanol–water partition coefficient (Wildman–Crippen LogP) is 2.22. The lowest BCUT2D eigenvalue weighted by molar-refractivity contribution is 0.162. The molecule has 100 valence electrons. The number of pyridine rings is 1. The van der Waals surface area contributed by atoms with Crippen LogP contribution in [0.1, 0.15) is 37.7 Å². The molecule has 0 aliphatic heterocycles. The van der Waals surface area contributed by atoms with Crippen molar-refractivity contribution in [1.29, 1.82) is 0 Å². The summed E-state index contributed by atoms with van der Waals surface area (Å²) in [6, 6.07) is 4.94. The molecule has 0 saturated heterocycles. The molecule has 18 heavy (non-hydrogen) atoms. The highest BCUT2D eigenvalue weighted by Crippen LogP contribution is 2.22. The average molecular weight is 247 g/mol. The van der Waals surface area contributed by atoms with Gasteiger partial charge in [-0.15, -0.1) is 0 Å². The van der Waals surface area contributed by atoms with Gasteiger partial charge in [0.1, 0.15) is 0 Å². The third-order valence-electron chi connectivity index (χ3n) is 3.92. The van der Waals surface area contributed by atoms with Crippen LogP contribution in [0.3, 0.4) is 0 Å². The Labute approximate surface area is 110 Å². The summed E-state index contributed by atoms with van der Waals surface area (Å²) in [5.41, 5.74) is 7.08. The molecule has 0 unspecified atom stereocenters. The van der Waals surface area contributed by atoms with E-state index in [1.165, 1.54) is 37.7 Å². The van der Waals surface area contributed by atoms with E-state index in [4.69, 9.17) is 5.73 Å². The van der Waals surface area contributed by atoms with Gasteiger partial charge in [-0.25, -0.2) is 0 Å². The van der Waals surface area contributed by atoms with Gasteiger partial charge in [0.05, 0.1) is 0 Å². The van der Waals surface area contributed by atoms with Crippen molar-refractivity contribution in [3.63, 3.8) is 0 Å². The van der Waals surface area contributed by atoms with Crippen molar-refractivity contribution in [3.05, 3.63) is 30.1 Å². The number of nitrogens with zero attached hydrogens (tertiary/aromatic N) is 2. The van der Waals surface area contributed by atoms with Crippen molar-refractivity contribution in [3.8, 4) is 0 Å². The van der Waals surface area contributed by atoms with Gasteiger partial charge >= 0.3 is 0 Å². The Morgan fingerprint density at radius 2 is 2.06 bits per heavy atom. The van der Waals surface area contributed by atoms with E-state index in [2.05, 4.69) is 16.0 Å². The van der Waals surface area contributed by atoms with Crippen LogP contribution in [0.5, 0.6) is 0 Å². The summed E-state index contributed by atoms with van der Waals surface area (Å²) in [6.07, 6.45) is 11.8. The Bertz CT molecular complexity index is 320. The van der Waals surface area contributed by atoms with Gasteiger partial charge < -0.3 is 5.73 Å². The molecule has 0 aromatic carbocycles. The maximum absolute atomic E-state index is 5.75. The van der Waals surface area contributed by atoms with Gasteiger partial charge in [-0.05, 0) is 30.9 Å². The molecule has 0 amide bonds. The van der Waals surface area contributed by atoms with Gasteiger partial charge in [0.15, 0.2) is 0 Å². The minimum Gasteiger partial charge on any atom is -0.329 e. The molecule has 0 spiro atoms. The van der Waals surface area contributed by atoms with E-state index in [0.717, 1.165) is 32.1 Å². The second-order valence-electron chi connectivity index (χ2n) is 5.23. The van der Waals surface area contributed by atoms with E-state index in [0.29, 0.717) is 0 Å². The number of hydrogen-bond acceptors (Lipinski definition) is 3. The fraction of sp³-hybridized carbons (Fsp3) is 0.667. The molecule has 1 aliphatic rings. The Hall–Kier alpha value is -0.930. The van der Waals surface area contributed by atoms with Crippen molar-refractivity contribution >= 4 is 0 Å². The van der Waals surface area contributed by atoms with Crippen molar-refractivity contribution in [2.75, 3.05) is 19.6 Å². The second kappa shape index (κ2) is 7.49. The molecule has 3 nitrogen and oxygen atoms in total. The maximum Gasteiger partial charge on any atom is 0.0300 e. The number of hydrogen-bond donors (Lipinski definition) is 1. The normalized spacial score (nSPS) is 17.2. The number of aromatic nitrogens is 1. The second-order valence-corrected chi connectivity index (χ2v) is 5.23. The molecule has 3 heteroatoms. The van der Waals surface area contributed by atoms with Gasteiger partial charge in [-0.1, -0.05) is 25.3 Å². The molecule has 1 aromatic rings. The monoisotopic (exact) mass is 247 g/mol. The first-order valence-corrected chi connectivity index (χ1v) is 7.23. The Morgan fingerprint density at radius 1 is 1.22 bits per heavy atom. The first-order valence-electron chi connectivity index (χ1n) is 7.23. The van der Waals surface area contributed by atoms with Crippen LogP contribution in [0.4, 0.5) is 0 Å². The lowest BCUT2D eigenvalue weighted by Crippen LogP contribution is -2.41. The van der Waals surface area contributed by atoms with E-state index >= 15 is 0 Å². The van der Waals surface area contributed by atoms with Crippen molar-refractivity contribution < 1.29 is 0 Å². The average Bonchev–Trinajstić information content (AvgIpc) is 2.45. The Kier molecular flexibility index (Phi) is 5.62. The summed E-state index contributed by atoms with van der Waals surface area (Å²) >= 11 is 0. The SMILES string of the molecule is NCCN(CCc1cccnc1)C1CCCCC1. The highest BCUT2D eigenvalue weighted by atomic mass is 15.2. The largest absolute Gasteiger partial charge is 0.329 e. The number of nitrogens with two attached hydrogens (primary N) is 1. The zero-order chi connectivity index (χ0) is 12.6. The van der Waals surface area contributed by atoms with Crippen LogP contribution in [0.2, 0.25) is 0 Å². The van der Waals surface area contributed by atoms with Crippen LogP contribution in [0.15, 0.2) is 24.5 Å². The zero-order valence-electron chi connectivity index (χ0n) is 11.2. The van der Waals surface area contributed by atoms with E-state index < -0.39 is 0 Å². The fourth-order valence-corrected chi connectivity index (χ4v) is 2.91. The van der Waals surface area contributed by atoms with Gasteiger partial charge in [-0.3, -0.25) is 9.88 Å². The molecule has 1 aliphatic carbocycles. The Morgan fingerprint density at radius 3 is 2.72 bits per heavy atom. The number of rotatable bonds is 6. The molecule has 1 heterocycles. The third-order valence-corrected chi connectivity index (χ3v) is 3.92. The minimum atomic E-state index is 0.763.